The average molecular weight is 503 g/mol. The van der Waals surface area contributed by atoms with Crippen molar-refractivity contribution >= 4 is 28.6 Å². The number of morpholine rings is 2. The highest BCUT2D eigenvalue weighted by molar-refractivity contribution is 5.91. The fourth-order valence-corrected chi connectivity index (χ4v) is 4.58. The normalized spacial score (nSPS) is 22.0. The van der Waals surface area contributed by atoms with Crippen LogP contribution < -0.4 is 15.5 Å². The van der Waals surface area contributed by atoms with Gasteiger partial charge in [-0.1, -0.05) is 0 Å². The topological polar surface area (TPSA) is 106 Å². The first kappa shape index (κ1) is 23.0. The monoisotopic (exact) mass is 503 g/mol. The Morgan fingerprint density at radius 1 is 1.03 bits per heavy atom. The van der Waals surface area contributed by atoms with Crippen LogP contribution in [-0.4, -0.2) is 76.5 Å². The zero-order valence-corrected chi connectivity index (χ0v) is 19.2. The van der Waals surface area contributed by atoms with Gasteiger partial charge in [0, 0.05) is 17.3 Å². The molecule has 190 valence electrons. The molecule has 0 spiro atoms. The number of urea groups is 1. The van der Waals surface area contributed by atoms with Crippen molar-refractivity contribution in [3.05, 3.63) is 30.5 Å². The number of hydrogen-bond donors (Lipinski definition) is 2. The molecule has 0 unspecified atom stereocenters. The smallest absolute Gasteiger partial charge is 0.377 e. The van der Waals surface area contributed by atoms with Crippen LogP contribution in [0.15, 0.2) is 30.5 Å². The van der Waals surface area contributed by atoms with Gasteiger partial charge in [0.25, 0.3) is 0 Å². The Kier molecular flexibility index (Phi) is 5.67. The highest BCUT2D eigenvalue weighted by Gasteiger charge is 2.38. The van der Waals surface area contributed by atoms with E-state index >= 15 is 0 Å². The highest BCUT2D eigenvalue weighted by atomic mass is 19.4. The third-order valence-corrected chi connectivity index (χ3v) is 6.39. The van der Waals surface area contributed by atoms with Gasteiger partial charge in [0.15, 0.2) is 11.5 Å². The molecule has 3 fully saturated rings. The van der Waals surface area contributed by atoms with E-state index in [4.69, 9.17) is 14.5 Å². The van der Waals surface area contributed by atoms with Gasteiger partial charge < -0.3 is 25.0 Å². The molecule has 2 aliphatic heterocycles. The number of benzene rings is 1. The summed E-state index contributed by atoms with van der Waals surface area (Å²) in [7, 11) is 0. The number of carbonyl (C=O) groups excluding carboxylic acids is 1. The Hall–Kier alpha value is -3.45. The molecule has 2 N–H and O–H groups in total. The van der Waals surface area contributed by atoms with Crippen molar-refractivity contribution in [2.75, 3.05) is 36.6 Å². The number of aromatic nitrogens is 4. The number of nitrogens with one attached hydrogen (secondary N) is 2. The Labute approximate surface area is 203 Å². The first-order chi connectivity index (χ1) is 17.3. The predicted octanol–water partition coefficient (Wildman–Crippen LogP) is 2.94. The summed E-state index contributed by atoms with van der Waals surface area (Å²) in [5.41, 5.74) is 1.28. The molecule has 3 aromatic rings. The lowest BCUT2D eigenvalue weighted by Crippen LogP contribution is -2.60. The summed E-state index contributed by atoms with van der Waals surface area (Å²) >= 11 is 0. The van der Waals surface area contributed by atoms with Crippen LogP contribution in [0.3, 0.4) is 0 Å². The fraction of sp³-hybridized carbons (Fsp3) is 0.478. The molecule has 0 radical (unpaired) electrons. The number of amides is 2. The lowest BCUT2D eigenvalue weighted by atomic mass is 10.1. The second-order valence-electron chi connectivity index (χ2n) is 9.27. The molecular weight excluding hydrogens is 479 g/mol. The van der Waals surface area contributed by atoms with Gasteiger partial charge in [-0.05, 0) is 37.1 Å². The van der Waals surface area contributed by atoms with Gasteiger partial charge in [0.1, 0.15) is 12.4 Å². The van der Waals surface area contributed by atoms with Gasteiger partial charge in [-0.3, -0.25) is 0 Å². The summed E-state index contributed by atoms with van der Waals surface area (Å²) in [5.74, 6) is 0.775. The summed E-state index contributed by atoms with van der Waals surface area (Å²) in [5, 5.41) is 10.1. The van der Waals surface area contributed by atoms with Gasteiger partial charge >= 0.3 is 12.2 Å². The summed E-state index contributed by atoms with van der Waals surface area (Å²) < 4.78 is 52.0. The minimum absolute atomic E-state index is 0.101. The van der Waals surface area contributed by atoms with E-state index in [1.54, 1.807) is 24.3 Å². The van der Waals surface area contributed by atoms with E-state index in [2.05, 4.69) is 25.6 Å². The largest absolute Gasteiger partial charge is 0.408 e. The molecule has 3 aliphatic rings. The standard InChI is InChI=1S/C23H24F3N7O3/c24-23(25,26)12-32-20-18(7-27-32)21(33-16-8-35-10-17(33)11-36-9-16)31-19(30-20)13-1-3-14(4-2-13)28-22(34)29-15-5-6-15/h1-4,7,15-17H,5-6,8-12H2,(H2,28,29,34). The Morgan fingerprint density at radius 3 is 2.31 bits per heavy atom. The van der Waals surface area contributed by atoms with E-state index in [1.807, 2.05) is 0 Å². The van der Waals surface area contributed by atoms with Crippen molar-refractivity contribution in [2.24, 2.45) is 0 Å². The van der Waals surface area contributed by atoms with Gasteiger partial charge in [0.2, 0.25) is 0 Å². The number of rotatable bonds is 5. The van der Waals surface area contributed by atoms with Crippen LogP contribution in [-0.2, 0) is 16.0 Å². The third kappa shape index (κ3) is 4.67. The second-order valence-corrected chi connectivity index (χ2v) is 9.27. The van der Waals surface area contributed by atoms with Gasteiger partial charge in [0.05, 0.1) is 50.1 Å². The molecule has 1 aromatic carbocycles. The van der Waals surface area contributed by atoms with Crippen LogP contribution in [0.25, 0.3) is 22.4 Å². The Morgan fingerprint density at radius 2 is 1.69 bits per heavy atom. The van der Waals surface area contributed by atoms with Crippen molar-refractivity contribution < 1.29 is 27.4 Å². The van der Waals surface area contributed by atoms with Gasteiger partial charge in [-0.2, -0.15) is 18.3 Å². The van der Waals surface area contributed by atoms with Crippen LogP contribution in [0.2, 0.25) is 0 Å². The minimum Gasteiger partial charge on any atom is -0.377 e. The van der Waals surface area contributed by atoms with Crippen molar-refractivity contribution in [3.8, 4) is 11.4 Å². The van der Waals surface area contributed by atoms with E-state index in [-0.39, 0.29) is 35.6 Å². The average Bonchev–Trinajstić information content (AvgIpc) is 3.56. The summed E-state index contributed by atoms with van der Waals surface area (Å²) in [6.07, 6.45) is -1.10. The first-order valence-corrected chi connectivity index (χ1v) is 11.8. The van der Waals surface area contributed by atoms with Crippen molar-refractivity contribution in [2.45, 2.75) is 43.7 Å². The minimum atomic E-state index is -4.46. The Balaban J connectivity index is 1.38. The van der Waals surface area contributed by atoms with Crippen molar-refractivity contribution in [1.82, 2.24) is 25.1 Å². The lowest BCUT2D eigenvalue weighted by Gasteiger charge is -2.46. The molecular formula is C23H24F3N7O3. The van der Waals surface area contributed by atoms with Crippen molar-refractivity contribution in [3.63, 3.8) is 0 Å². The molecule has 4 heterocycles. The van der Waals surface area contributed by atoms with Crippen LogP contribution >= 0.6 is 0 Å². The molecule has 2 aromatic heterocycles. The van der Waals surface area contributed by atoms with E-state index in [0.717, 1.165) is 17.5 Å². The van der Waals surface area contributed by atoms with Gasteiger partial charge in [-0.15, -0.1) is 0 Å². The quantitative estimate of drug-likeness (QED) is 0.552. The zero-order chi connectivity index (χ0) is 24.9. The number of halogens is 3. The van der Waals surface area contributed by atoms with E-state index in [9.17, 15) is 18.0 Å². The molecule has 13 heteroatoms. The molecule has 6 rings (SSSR count). The number of hydrogen-bond acceptors (Lipinski definition) is 7. The molecule has 36 heavy (non-hydrogen) atoms. The molecule has 1 aliphatic carbocycles. The molecule has 2 bridgehead atoms. The highest BCUT2D eigenvalue weighted by Crippen LogP contribution is 2.34. The van der Waals surface area contributed by atoms with Crippen molar-refractivity contribution in [1.29, 1.82) is 0 Å². The number of anilines is 2. The number of ether oxygens (including phenoxy) is 2. The van der Waals surface area contributed by atoms with E-state index < -0.39 is 12.7 Å². The summed E-state index contributed by atoms with van der Waals surface area (Å²) in [4.78, 5) is 23.4. The van der Waals surface area contributed by atoms with Gasteiger partial charge in [-0.25, -0.2) is 19.4 Å². The molecule has 2 saturated heterocycles. The number of nitrogens with zero attached hydrogens (tertiary/aromatic N) is 5. The number of fused-ring (bicyclic) bond motifs is 3. The SMILES string of the molecule is O=C(Nc1ccc(-c2nc(N3C4COCC3COC4)c3cnn(CC(F)(F)F)c3n2)cc1)NC1CC1. The maximum Gasteiger partial charge on any atom is 0.408 e. The predicted molar refractivity (Wildman–Crippen MR) is 124 cm³/mol. The van der Waals surface area contributed by atoms with Crippen LogP contribution in [0.1, 0.15) is 12.8 Å². The third-order valence-electron chi connectivity index (χ3n) is 6.39. The number of alkyl halides is 3. The summed E-state index contributed by atoms with van der Waals surface area (Å²) in [6.45, 7) is 0.452. The van der Waals surface area contributed by atoms with E-state index in [1.165, 1.54) is 6.20 Å². The first-order valence-electron chi connectivity index (χ1n) is 11.8. The zero-order valence-electron chi connectivity index (χ0n) is 19.2. The maximum absolute atomic E-state index is 13.3. The fourth-order valence-electron chi connectivity index (χ4n) is 4.58. The molecule has 0 atom stereocenters. The van der Waals surface area contributed by atoms with Crippen LogP contribution in [0.5, 0.6) is 0 Å². The van der Waals surface area contributed by atoms with Crippen LogP contribution in [0.4, 0.5) is 29.5 Å². The van der Waals surface area contributed by atoms with Crippen LogP contribution in [0, 0.1) is 0 Å². The summed E-state index contributed by atoms with van der Waals surface area (Å²) in [6, 6.07) is 6.59. The molecule has 2 amide bonds. The molecule has 10 nitrogen and oxygen atoms in total. The molecule has 1 saturated carbocycles. The Bertz CT molecular complexity index is 1250. The second kappa shape index (κ2) is 8.89. The number of carbonyl (C=O) groups is 1. The lowest BCUT2D eigenvalue weighted by molar-refractivity contribution is -0.141. The maximum atomic E-state index is 13.3. The van der Waals surface area contributed by atoms with E-state index in [0.29, 0.717) is 48.9 Å².